The second kappa shape index (κ2) is 4.27. The summed E-state index contributed by atoms with van der Waals surface area (Å²) in [6.45, 7) is 2.19. The van der Waals surface area contributed by atoms with Gasteiger partial charge in [-0.25, -0.2) is 0 Å². The van der Waals surface area contributed by atoms with E-state index in [1.165, 1.54) is 32.1 Å². The van der Waals surface area contributed by atoms with Crippen molar-refractivity contribution in [3.05, 3.63) is 0 Å². The third-order valence-electron chi connectivity index (χ3n) is 5.67. The van der Waals surface area contributed by atoms with Crippen molar-refractivity contribution in [1.29, 1.82) is 0 Å². The van der Waals surface area contributed by atoms with Crippen LogP contribution in [-0.2, 0) is 4.79 Å². The topological polar surface area (TPSA) is 49.3 Å². The van der Waals surface area contributed by atoms with Crippen molar-refractivity contribution in [3.63, 3.8) is 0 Å². The second-order valence-corrected chi connectivity index (χ2v) is 6.32. The molecule has 3 aliphatic rings. The van der Waals surface area contributed by atoms with Gasteiger partial charge in [-0.3, -0.25) is 4.79 Å². The van der Waals surface area contributed by atoms with Crippen LogP contribution < -0.4 is 5.32 Å². The zero-order chi connectivity index (χ0) is 11.9. The van der Waals surface area contributed by atoms with Crippen LogP contribution in [-0.4, -0.2) is 24.2 Å². The molecule has 0 amide bonds. The predicted octanol–water partition coefficient (Wildman–Crippen LogP) is 2.27. The van der Waals surface area contributed by atoms with E-state index >= 15 is 0 Å². The van der Waals surface area contributed by atoms with E-state index in [1.54, 1.807) is 0 Å². The Bertz CT molecular complexity index is 309. The van der Waals surface area contributed by atoms with Crippen LogP contribution >= 0.6 is 0 Å². The molecule has 1 saturated heterocycles. The summed E-state index contributed by atoms with van der Waals surface area (Å²) < 4.78 is 0. The van der Waals surface area contributed by atoms with Crippen LogP contribution in [0.25, 0.3) is 0 Å². The number of aliphatic carboxylic acids is 1. The van der Waals surface area contributed by atoms with Crippen LogP contribution in [0.1, 0.15) is 44.9 Å². The van der Waals surface area contributed by atoms with Crippen molar-refractivity contribution >= 4 is 5.97 Å². The molecule has 1 heterocycles. The maximum Gasteiger partial charge on any atom is 0.306 e. The Labute approximate surface area is 103 Å². The summed E-state index contributed by atoms with van der Waals surface area (Å²) in [6.07, 6.45) is 8.39. The van der Waals surface area contributed by atoms with Gasteiger partial charge in [-0.05, 0) is 62.4 Å². The highest BCUT2D eigenvalue weighted by Crippen LogP contribution is 2.59. The number of carbonyl (C=O) groups is 1. The van der Waals surface area contributed by atoms with Crippen LogP contribution in [0.15, 0.2) is 0 Å². The quantitative estimate of drug-likeness (QED) is 0.735. The third kappa shape index (κ3) is 1.79. The summed E-state index contributed by atoms with van der Waals surface area (Å²) in [5, 5.41) is 12.9. The lowest BCUT2D eigenvalue weighted by Gasteiger charge is -2.42. The normalized spacial score (nSPS) is 40.1. The zero-order valence-corrected chi connectivity index (χ0v) is 10.5. The molecule has 0 aromatic heterocycles. The van der Waals surface area contributed by atoms with Crippen LogP contribution in [0.4, 0.5) is 0 Å². The van der Waals surface area contributed by atoms with Crippen molar-refractivity contribution in [2.24, 2.45) is 23.2 Å². The van der Waals surface area contributed by atoms with E-state index in [9.17, 15) is 9.90 Å². The number of hydrogen-bond donors (Lipinski definition) is 2. The first-order valence-corrected chi connectivity index (χ1v) is 7.16. The summed E-state index contributed by atoms with van der Waals surface area (Å²) in [7, 11) is 0. The zero-order valence-electron chi connectivity index (χ0n) is 10.5. The Morgan fingerprint density at radius 1 is 1.18 bits per heavy atom. The molecule has 2 aliphatic carbocycles. The lowest BCUT2D eigenvalue weighted by molar-refractivity contribution is -0.143. The van der Waals surface area contributed by atoms with Gasteiger partial charge in [-0.15, -0.1) is 0 Å². The van der Waals surface area contributed by atoms with E-state index in [-0.39, 0.29) is 5.92 Å². The summed E-state index contributed by atoms with van der Waals surface area (Å²) >= 11 is 0. The predicted molar refractivity (Wildman–Crippen MR) is 65.7 cm³/mol. The molecule has 2 saturated carbocycles. The first-order chi connectivity index (χ1) is 8.23. The van der Waals surface area contributed by atoms with E-state index in [0.29, 0.717) is 17.3 Å². The van der Waals surface area contributed by atoms with Crippen molar-refractivity contribution in [1.82, 2.24) is 5.32 Å². The fourth-order valence-electron chi connectivity index (χ4n) is 4.91. The molecule has 2 N–H and O–H groups in total. The molecule has 3 unspecified atom stereocenters. The maximum atomic E-state index is 11.5. The van der Waals surface area contributed by atoms with Crippen LogP contribution in [0.3, 0.4) is 0 Å². The molecule has 96 valence electrons. The third-order valence-corrected chi connectivity index (χ3v) is 5.67. The number of carboxylic acids is 1. The minimum Gasteiger partial charge on any atom is -0.481 e. The van der Waals surface area contributed by atoms with Crippen molar-refractivity contribution in [3.8, 4) is 0 Å². The number of rotatable bonds is 1. The summed E-state index contributed by atoms with van der Waals surface area (Å²) in [4.78, 5) is 11.5. The van der Waals surface area contributed by atoms with Gasteiger partial charge >= 0.3 is 5.97 Å². The molecular weight excluding hydrogens is 214 g/mol. The van der Waals surface area contributed by atoms with Gasteiger partial charge in [0.2, 0.25) is 0 Å². The van der Waals surface area contributed by atoms with Gasteiger partial charge in [-0.1, -0.05) is 12.8 Å². The van der Waals surface area contributed by atoms with Crippen molar-refractivity contribution in [2.75, 3.05) is 13.1 Å². The molecular formula is C14H23NO2. The van der Waals surface area contributed by atoms with E-state index in [1.807, 2.05) is 0 Å². The second-order valence-electron chi connectivity index (χ2n) is 6.32. The van der Waals surface area contributed by atoms with Gasteiger partial charge in [0.15, 0.2) is 0 Å². The Morgan fingerprint density at radius 2 is 1.88 bits per heavy atom. The molecule has 3 nitrogen and oxygen atoms in total. The summed E-state index contributed by atoms with van der Waals surface area (Å²) in [6, 6.07) is 0. The molecule has 1 spiro atoms. The summed E-state index contributed by atoms with van der Waals surface area (Å²) in [5.74, 6) is 0.620. The molecule has 3 heteroatoms. The largest absolute Gasteiger partial charge is 0.481 e. The molecule has 0 bridgehead atoms. The lowest BCUT2D eigenvalue weighted by atomic mass is 9.65. The highest BCUT2D eigenvalue weighted by Gasteiger charge is 2.55. The van der Waals surface area contributed by atoms with E-state index in [0.717, 1.165) is 25.9 Å². The number of piperidine rings is 1. The first kappa shape index (κ1) is 11.5. The number of nitrogens with one attached hydrogen (secondary N) is 1. The molecule has 17 heavy (non-hydrogen) atoms. The minimum absolute atomic E-state index is 0.0431. The average Bonchev–Trinajstić information content (AvgIpc) is 2.66. The van der Waals surface area contributed by atoms with Crippen LogP contribution in [0.2, 0.25) is 0 Å². The highest BCUT2D eigenvalue weighted by molar-refractivity contribution is 5.71. The molecule has 3 atom stereocenters. The van der Waals surface area contributed by atoms with E-state index in [4.69, 9.17) is 0 Å². The number of fused-ring (bicyclic) bond motifs is 2. The SMILES string of the molecule is O=C(O)C1CC2(CCNCC2)C2CCCCC12. The lowest BCUT2D eigenvalue weighted by Crippen LogP contribution is -2.40. The Kier molecular flexibility index (Phi) is 2.89. The highest BCUT2D eigenvalue weighted by atomic mass is 16.4. The average molecular weight is 237 g/mol. The molecule has 1 aliphatic heterocycles. The smallest absolute Gasteiger partial charge is 0.306 e. The molecule has 3 fully saturated rings. The van der Waals surface area contributed by atoms with Gasteiger partial charge in [0.1, 0.15) is 0 Å². The monoisotopic (exact) mass is 237 g/mol. The first-order valence-electron chi connectivity index (χ1n) is 7.16. The number of carboxylic acid groups (broad SMARTS) is 1. The summed E-state index contributed by atoms with van der Waals surface area (Å²) in [5.41, 5.74) is 0.374. The van der Waals surface area contributed by atoms with Gasteiger partial charge in [0.05, 0.1) is 5.92 Å². The minimum atomic E-state index is -0.530. The van der Waals surface area contributed by atoms with Gasteiger partial charge in [0, 0.05) is 0 Å². The standard InChI is InChI=1S/C14H23NO2/c16-13(17)11-9-14(5-7-15-8-6-14)12-4-2-1-3-10(11)12/h10-12,15H,1-9H2,(H,16,17). The van der Waals surface area contributed by atoms with Gasteiger partial charge in [0.25, 0.3) is 0 Å². The molecule has 0 aromatic carbocycles. The van der Waals surface area contributed by atoms with Gasteiger partial charge < -0.3 is 10.4 Å². The van der Waals surface area contributed by atoms with E-state index < -0.39 is 5.97 Å². The molecule has 0 aromatic rings. The fraction of sp³-hybridized carbons (Fsp3) is 0.929. The molecule has 0 radical (unpaired) electrons. The Balaban J connectivity index is 1.87. The Hall–Kier alpha value is -0.570. The molecule has 3 rings (SSSR count). The van der Waals surface area contributed by atoms with Crippen LogP contribution in [0.5, 0.6) is 0 Å². The van der Waals surface area contributed by atoms with E-state index in [2.05, 4.69) is 5.32 Å². The Morgan fingerprint density at radius 3 is 2.59 bits per heavy atom. The van der Waals surface area contributed by atoms with Crippen LogP contribution in [0, 0.1) is 23.2 Å². The maximum absolute atomic E-state index is 11.5. The van der Waals surface area contributed by atoms with Gasteiger partial charge in [-0.2, -0.15) is 0 Å². The fourth-order valence-corrected chi connectivity index (χ4v) is 4.91. The number of hydrogen-bond acceptors (Lipinski definition) is 2. The van der Waals surface area contributed by atoms with Crippen molar-refractivity contribution < 1.29 is 9.90 Å². The van der Waals surface area contributed by atoms with Crippen molar-refractivity contribution in [2.45, 2.75) is 44.9 Å².